The zero-order chi connectivity index (χ0) is 35.5. The van der Waals surface area contributed by atoms with Crippen LogP contribution in [0.3, 0.4) is 0 Å². The molecule has 1 unspecified atom stereocenters. The molecule has 0 saturated carbocycles. The molecule has 0 bridgehead atoms. The molecule has 1 aliphatic rings. The molecule has 3 heterocycles. The molecule has 3 aromatic heterocycles. The average molecular weight is 860 g/mol. The summed E-state index contributed by atoms with van der Waals surface area (Å²) in [5, 5.41) is 7.37. The topological polar surface area (TPSA) is 54.1 Å². The molecule has 0 aliphatic heterocycles. The van der Waals surface area contributed by atoms with Crippen molar-refractivity contribution < 1.29 is 30.5 Å². The van der Waals surface area contributed by atoms with Crippen LogP contribution in [0.5, 0.6) is 17.2 Å². The number of nitrogens with zero attached hydrogens (tertiary/aromatic N) is 4. The summed E-state index contributed by atoms with van der Waals surface area (Å²) in [7, 11) is 1.67. The van der Waals surface area contributed by atoms with Gasteiger partial charge in [0.25, 0.3) is 0 Å². The van der Waals surface area contributed by atoms with E-state index in [2.05, 4.69) is 120 Å². The third-order valence-corrected chi connectivity index (χ3v) is 10.4. The number of para-hydroxylation sites is 1. The van der Waals surface area contributed by atoms with Crippen LogP contribution in [-0.4, -0.2) is 26.4 Å². The minimum atomic E-state index is 0. The summed E-state index contributed by atoms with van der Waals surface area (Å²) in [4.78, 5) is 4.69. The molecule has 7 heteroatoms. The molecule has 3 aromatic carbocycles. The van der Waals surface area contributed by atoms with Gasteiger partial charge in [-0.1, -0.05) is 83.8 Å². The van der Waals surface area contributed by atoms with Crippen LogP contribution in [-0.2, 0) is 21.1 Å². The zero-order valence-electron chi connectivity index (χ0n) is 31.4. The third-order valence-electron chi connectivity index (χ3n) is 10.4. The van der Waals surface area contributed by atoms with Crippen LogP contribution in [0.25, 0.3) is 33.3 Å². The molecule has 266 valence electrons. The molecule has 1 aliphatic carbocycles. The van der Waals surface area contributed by atoms with E-state index < -0.39 is 0 Å². The molecule has 0 spiro atoms. The molecule has 6 nitrogen and oxygen atoms in total. The molecule has 0 amide bonds. The van der Waals surface area contributed by atoms with E-state index in [4.69, 9.17) is 19.6 Å². The molecular weight excluding hydrogens is 812 g/mol. The van der Waals surface area contributed by atoms with Crippen molar-refractivity contribution >= 4 is 21.8 Å². The largest absolute Gasteiger partial charge is 2.00 e. The number of aryl methyl sites for hydroxylation is 2. The first-order valence-corrected chi connectivity index (χ1v) is 17.7. The summed E-state index contributed by atoms with van der Waals surface area (Å²) in [5.41, 5.74) is 9.20. The molecule has 2 atom stereocenters. The zero-order valence-corrected chi connectivity index (χ0v) is 33.7. The Morgan fingerprint density at radius 2 is 1.63 bits per heavy atom. The van der Waals surface area contributed by atoms with Crippen molar-refractivity contribution in [3.63, 3.8) is 0 Å². The van der Waals surface area contributed by atoms with E-state index in [0.29, 0.717) is 23.3 Å². The van der Waals surface area contributed by atoms with Crippen molar-refractivity contribution in [3.8, 4) is 28.8 Å². The number of benzene rings is 3. The second kappa shape index (κ2) is 13.8. The van der Waals surface area contributed by atoms with E-state index in [1.54, 1.807) is 13.3 Å². The monoisotopic (exact) mass is 859 g/mol. The first kappa shape index (κ1) is 36.6. The van der Waals surface area contributed by atoms with E-state index in [0.717, 1.165) is 62.4 Å². The first-order valence-electron chi connectivity index (χ1n) is 17.7. The maximum atomic E-state index is 6.56. The quantitative estimate of drug-likeness (QED) is 0.124. The Labute approximate surface area is 317 Å². The molecular formula is C44H48N4O2Pt. The fourth-order valence-electron chi connectivity index (χ4n) is 8.10. The minimum Gasteiger partial charge on any atom is -0.509 e. The summed E-state index contributed by atoms with van der Waals surface area (Å²) in [5.74, 6) is 3.54. The Morgan fingerprint density at radius 1 is 0.863 bits per heavy atom. The Kier molecular flexibility index (Phi) is 9.89. The Balaban J connectivity index is 0.00000448. The van der Waals surface area contributed by atoms with Crippen LogP contribution in [0.2, 0.25) is 0 Å². The number of pyridine rings is 1. The van der Waals surface area contributed by atoms with Crippen LogP contribution >= 0.6 is 0 Å². The van der Waals surface area contributed by atoms with Gasteiger partial charge in [0.1, 0.15) is 11.6 Å². The Bertz CT molecular complexity index is 2260. The minimum absolute atomic E-state index is 0. The second-order valence-corrected chi connectivity index (χ2v) is 15.9. The van der Waals surface area contributed by atoms with Gasteiger partial charge in [-0.15, -0.1) is 35.7 Å². The fraction of sp³-hybridized carbons (Fsp3) is 0.364. The van der Waals surface area contributed by atoms with Gasteiger partial charge in [0.15, 0.2) is 0 Å². The third kappa shape index (κ3) is 6.80. The van der Waals surface area contributed by atoms with Gasteiger partial charge in [0.2, 0.25) is 0 Å². The van der Waals surface area contributed by atoms with Gasteiger partial charge in [-0.2, -0.15) is 16.7 Å². The van der Waals surface area contributed by atoms with Crippen LogP contribution in [0.15, 0.2) is 78.5 Å². The number of allylic oxidation sites excluding steroid dienone is 2. The number of methoxy groups -OCH3 is 1. The van der Waals surface area contributed by atoms with Crippen LogP contribution in [0.4, 0.5) is 0 Å². The van der Waals surface area contributed by atoms with Crippen LogP contribution in [0.1, 0.15) is 82.8 Å². The average Bonchev–Trinajstić information content (AvgIpc) is 3.55. The van der Waals surface area contributed by atoms with Crippen LogP contribution < -0.4 is 9.47 Å². The number of ether oxygens (including phenoxy) is 2. The Morgan fingerprint density at radius 3 is 2.35 bits per heavy atom. The number of hydrogen-bond acceptors (Lipinski definition) is 4. The van der Waals surface area contributed by atoms with Crippen molar-refractivity contribution in [2.75, 3.05) is 7.11 Å². The van der Waals surface area contributed by atoms with Crippen molar-refractivity contribution in [3.05, 3.63) is 113 Å². The van der Waals surface area contributed by atoms with Gasteiger partial charge >= 0.3 is 21.1 Å². The fourth-order valence-corrected chi connectivity index (χ4v) is 8.10. The van der Waals surface area contributed by atoms with Crippen molar-refractivity contribution in [1.82, 2.24) is 19.3 Å². The van der Waals surface area contributed by atoms with Crippen molar-refractivity contribution in [1.29, 1.82) is 0 Å². The van der Waals surface area contributed by atoms with Gasteiger partial charge in [-0.05, 0) is 66.6 Å². The van der Waals surface area contributed by atoms with E-state index in [1.165, 1.54) is 17.6 Å². The van der Waals surface area contributed by atoms with Gasteiger partial charge in [0, 0.05) is 46.5 Å². The predicted molar refractivity (Wildman–Crippen MR) is 203 cm³/mol. The van der Waals surface area contributed by atoms with Crippen molar-refractivity contribution in [2.45, 2.75) is 81.1 Å². The maximum absolute atomic E-state index is 6.56. The smallest absolute Gasteiger partial charge is 0.509 e. The molecule has 0 N–H and O–H groups in total. The first-order chi connectivity index (χ1) is 23.7. The van der Waals surface area contributed by atoms with Gasteiger partial charge in [-0.3, -0.25) is 4.68 Å². The van der Waals surface area contributed by atoms with E-state index in [-0.39, 0.29) is 31.9 Å². The molecule has 0 saturated heterocycles. The molecule has 51 heavy (non-hydrogen) atoms. The summed E-state index contributed by atoms with van der Waals surface area (Å²) in [6.07, 6.45) is 6.58. The summed E-state index contributed by atoms with van der Waals surface area (Å²) < 4.78 is 16.3. The summed E-state index contributed by atoms with van der Waals surface area (Å²) >= 11 is 0. The molecule has 6 aromatic rings. The standard InChI is InChI=1S/C44H48N4O2.Pt/c1-27-22-30(48-29(3)41(28(2)46-48)42-36(43(4,5)6)15-13-16-37(42)44(7,8)9)24-33(23-27)50-32-18-19-35-34-14-11-12-17-38(34)47(39(35)25-32)40-26-31(49-10)20-21-45-40;/h11-12,14-15,17-23,26,37,42H,13,16H2,1-10H3;/q-2;+2/t37-,42?;/m0./s1. The normalized spacial score (nSPS) is 16.6. The van der Waals surface area contributed by atoms with E-state index >= 15 is 0 Å². The number of hydrogen-bond donors (Lipinski definition) is 0. The second-order valence-electron chi connectivity index (χ2n) is 15.9. The van der Waals surface area contributed by atoms with Gasteiger partial charge < -0.3 is 14.0 Å². The summed E-state index contributed by atoms with van der Waals surface area (Å²) in [6, 6.07) is 27.5. The van der Waals surface area contributed by atoms with E-state index in [1.807, 2.05) is 30.3 Å². The van der Waals surface area contributed by atoms with Crippen molar-refractivity contribution in [2.24, 2.45) is 16.7 Å². The van der Waals surface area contributed by atoms with Gasteiger partial charge in [-0.25, -0.2) is 4.98 Å². The molecule has 0 radical (unpaired) electrons. The number of aromatic nitrogens is 4. The molecule has 7 rings (SSSR count). The number of rotatable bonds is 6. The maximum Gasteiger partial charge on any atom is 2.00 e. The predicted octanol–water partition coefficient (Wildman–Crippen LogP) is 11.2. The van der Waals surface area contributed by atoms with E-state index in [9.17, 15) is 0 Å². The Hall–Kier alpha value is -4.15. The SMILES string of the molecule is COc1ccnc(-n2c3[c-]c(Oc4[c-]c(-n5nc(C)c(C6C(C(C)(C)C)=CCC[C@@H]6C(C)(C)C)c5C)cc(C)c4)ccc3c3ccccc32)c1.[Pt+2]. The van der Waals surface area contributed by atoms with Crippen LogP contribution in [0, 0.1) is 49.7 Å². The number of fused-ring (bicyclic) bond motifs is 3. The van der Waals surface area contributed by atoms with Gasteiger partial charge in [0.05, 0.1) is 12.8 Å². The molecule has 0 fully saturated rings. The summed E-state index contributed by atoms with van der Waals surface area (Å²) in [6.45, 7) is 20.7.